The van der Waals surface area contributed by atoms with Crippen molar-refractivity contribution in [3.8, 4) is 5.75 Å². The average Bonchev–Trinajstić information content (AvgIpc) is 2.72. The Hall–Kier alpha value is -2.57. The number of hydrogen-bond donors (Lipinski definition) is 0. The van der Waals surface area contributed by atoms with Crippen LogP contribution in [0.2, 0.25) is 0 Å². The summed E-state index contributed by atoms with van der Waals surface area (Å²) in [6.07, 6.45) is -7.90. The molecule has 0 heterocycles. The molecule has 0 fully saturated rings. The van der Waals surface area contributed by atoms with Crippen molar-refractivity contribution in [3.05, 3.63) is 42.2 Å². The second-order valence-electron chi connectivity index (χ2n) is 6.52. The predicted molar refractivity (Wildman–Crippen MR) is 77.0 cm³/mol. The highest BCUT2D eigenvalue weighted by molar-refractivity contribution is 5.25. The maximum atomic E-state index is 13.6. The van der Waals surface area contributed by atoms with E-state index in [1.807, 2.05) is 0 Å². The molecule has 0 aliphatic heterocycles. The Morgan fingerprint density at radius 1 is 0.472 bits per heavy atom. The van der Waals surface area contributed by atoms with Crippen LogP contribution in [0, 0.1) is 0 Å². The maximum Gasteiger partial charge on any atom is 0.460 e. The van der Waals surface area contributed by atoms with Crippen molar-refractivity contribution < 1.29 is 88.2 Å². The Morgan fingerprint density at radius 3 is 1.17 bits per heavy atom. The lowest BCUT2D eigenvalue weighted by Gasteiger charge is -2.42. The van der Waals surface area contributed by atoms with Crippen molar-refractivity contribution in [2.24, 2.45) is 0 Å². The normalized spacial score (nSPS) is 16.1. The molecule has 1 aromatic rings. The van der Waals surface area contributed by atoms with Gasteiger partial charge in [0, 0.05) is 0 Å². The Balaban J connectivity index is 3.65. The summed E-state index contributed by atoms with van der Waals surface area (Å²) in [5.74, 6) is -65.2. The first-order valence-corrected chi connectivity index (χ1v) is 8.16. The number of rotatable bonds is 9. The molecule has 0 aliphatic rings. The van der Waals surface area contributed by atoms with Crippen LogP contribution in [0.4, 0.5) is 83.4 Å². The number of hydrogen-bond acceptors (Lipinski definition) is 1. The van der Waals surface area contributed by atoms with Gasteiger partial charge in [0.25, 0.3) is 0 Å². The van der Waals surface area contributed by atoms with E-state index in [2.05, 4.69) is 4.74 Å². The minimum Gasteiger partial charge on any atom is -0.430 e. The van der Waals surface area contributed by atoms with E-state index in [9.17, 15) is 83.4 Å². The number of ether oxygens (including phenoxy) is 1. The van der Waals surface area contributed by atoms with Crippen LogP contribution < -0.4 is 4.74 Å². The topological polar surface area (TPSA) is 9.23 Å². The Morgan fingerprint density at radius 2 is 0.806 bits per heavy atom. The van der Waals surface area contributed by atoms with Crippen LogP contribution in [-0.2, 0) is 0 Å². The van der Waals surface area contributed by atoms with Crippen LogP contribution >= 0.6 is 0 Å². The third-order valence-electron chi connectivity index (χ3n) is 4.12. The summed E-state index contributed by atoms with van der Waals surface area (Å²) in [5, 5.41) is 0. The van der Waals surface area contributed by atoms with Gasteiger partial charge < -0.3 is 4.74 Å². The fourth-order valence-electron chi connectivity index (χ4n) is 2.06. The number of halogens is 19. The van der Waals surface area contributed by atoms with Crippen molar-refractivity contribution >= 4 is 0 Å². The van der Waals surface area contributed by atoms with Gasteiger partial charge in [-0.15, -0.1) is 0 Å². The smallest absolute Gasteiger partial charge is 0.430 e. The summed E-state index contributed by atoms with van der Waals surface area (Å²) in [5.41, 5.74) is 0. The summed E-state index contributed by atoms with van der Waals surface area (Å²) in [6.45, 7) is 0. The Labute approximate surface area is 185 Å². The zero-order chi connectivity index (χ0) is 29.0. The van der Waals surface area contributed by atoms with Crippen molar-refractivity contribution in [2.75, 3.05) is 0 Å². The van der Waals surface area contributed by atoms with Crippen LogP contribution in [0.5, 0.6) is 5.75 Å². The molecule has 0 saturated heterocycles. The van der Waals surface area contributed by atoms with Crippen LogP contribution in [0.15, 0.2) is 42.2 Å². The molecule has 1 aromatic carbocycles. The van der Waals surface area contributed by atoms with Gasteiger partial charge in [0.05, 0.1) is 0 Å². The third kappa shape index (κ3) is 4.28. The van der Waals surface area contributed by atoms with E-state index >= 15 is 0 Å². The molecule has 0 saturated carbocycles. The highest BCUT2D eigenvalue weighted by Crippen LogP contribution is 2.64. The van der Waals surface area contributed by atoms with E-state index < -0.39 is 65.2 Å². The van der Waals surface area contributed by atoms with Crippen molar-refractivity contribution in [2.45, 2.75) is 47.6 Å². The van der Waals surface area contributed by atoms with Gasteiger partial charge in [-0.05, 0) is 12.1 Å². The first-order chi connectivity index (χ1) is 15.7. The van der Waals surface area contributed by atoms with Gasteiger partial charge in [-0.25, -0.2) is 0 Å². The van der Waals surface area contributed by atoms with Gasteiger partial charge in [0.15, 0.2) is 0 Å². The average molecular weight is 574 g/mol. The van der Waals surface area contributed by atoms with Gasteiger partial charge in [-0.2, -0.15) is 83.4 Å². The second-order valence-corrected chi connectivity index (χ2v) is 6.52. The lowest BCUT2D eigenvalue weighted by molar-refractivity contribution is -0.460. The van der Waals surface area contributed by atoms with Crippen LogP contribution in [0.25, 0.3) is 0 Å². The summed E-state index contributed by atoms with van der Waals surface area (Å²) in [7, 11) is 0. The molecule has 20 heteroatoms. The molecule has 0 atom stereocenters. The van der Waals surface area contributed by atoms with Crippen molar-refractivity contribution in [3.63, 3.8) is 0 Å². The quantitative estimate of drug-likeness (QED) is 0.214. The monoisotopic (exact) mass is 574 g/mol. The van der Waals surface area contributed by atoms with Gasteiger partial charge in [0.2, 0.25) is 5.83 Å². The summed E-state index contributed by atoms with van der Waals surface area (Å²) >= 11 is 0. The molecular weight excluding hydrogens is 569 g/mol. The highest BCUT2D eigenvalue weighted by Gasteiger charge is 2.95. The van der Waals surface area contributed by atoms with Gasteiger partial charge >= 0.3 is 53.6 Å². The highest BCUT2D eigenvalue weighted by atomic mass is 19.4. The Kier molecular flexibility index (Phi) is 7.67. The van der Waals surface area contributed by atoms with E-state index in [4.69, 9.17) is 0 Å². The van der Waals surface area contributed by atoms with E-state index in [0.717, 1.165) is 18.2 Å². The first kappa shape index (κ1) is 31.5. The summed E-state index contributed by atoms with van der Waals surface area (Å²) < 4.78 is 253. The lowest BCUT2D eigenvalue weighted by Crippen LogP contribution is -2.74. The Bertz CT molecular complexity index is 959. The lowest BCUT2D eigenvalue weighted by atomic mass is 9.88. The SMILES string of the molecule is FC(Oc1ccccc1)=C(F)C(F)(F)C(F)(F)C(F)(F)C(F)(F)C(F)(F)C(F)(F)C(F)(F)C(F)(F)F. The molecule has 0 aromatic heterocycles. The molecule has 0 radical (unpaired) electrons. The summed E-state index contributed by atoms with van der Waals surface area (Å²) in [6, 6.07) is 0.465. The predicted octanol–water partition coefficient (Wildman–Crippen LogP) is 8.18. The maximum absolute atomic E-state index is 13.6. The molecule has 0 aliphatic carbocycles. The van der Waals surface area contributed by atoms with Crippen molar-refractivity contribution in [1.29, 1.82) is 0 Å². The number of alkyl halides is 17. The number of para-hydroxylation sites is 1. The third-order valence-corrected chi connectivity index (χ3v) is 4.12. The molecule has 0 amide bonds. The largest absolute Gasteiger partial charge is 0.460 e. The van der Waals surface area contributed by atoms with E-state index in [1.54, 1.807) is 0 Å². The van der Waals surface area contributed by atoms with E-state index in [-0.39, 0.29) is 0 Å². The molecule has 0 bridgehead atoms. The molecule has 1 rings (SSSR count). The van der Waals surface area contributed by atoms with Gasteiger partial charge in [-0.3, -0.25) is 0 Å². The van der Waals surface area contributed by atoms with Crippen LogP contribution in [0.3, 0.4) is 0 Å². The fraction of sp³-hybridized carbons (Fsp3) is 0.500. The van der Waals surface area contributed by atoms with E-state index in [1.165, 1.54) is 0 Å². The molecule has 0 unspecified atom stereocenters. The molecular formula is C16H5F19O. The zero-order valence-electron chi connectivity index (χ0n) is 16.0. The molecule has 1 nitrogen and oxygen atoms in total. The molecule has 0 N–H and O–H groups in total. The van der Waals surface area contributed by atoms with Gasteiger partial charge in [-0.1, -0.05) is 18.2 Å². The fourth-order valence-corrected chi connectivity index (χ4v) is 2.06. The second kappa shape index (κ2) is 8.77. The standard InChI is InChI=1S/C16H5F19O/c17-7(8(18)36-6-4-2-1-3-5-6)9(19,20)10(21,22)11(23,24)12(25,26)13(27,28)14(29,30)15(31,32)16(33,34)35/h1-5H. The van der Waals surface area contributed by atoms with Crippen LogP contribution in [-0.4, -0.2) is 47.6 Å². The summed E-state index contributed by atoms with van der Waals surface area (Å²) in [4.78, 5) is 0. The molecule has 208 valence electrons. The molecule has 36 heavy (non-hydrogen) atoms. The minimum absolute atomic E-state index is 0.579. The first-order valence-electron chi connectivity index (χ1n) is 8.16. The van der Waals surface area contributed by atoms with Crippen LogP contribution in [0.1, 0.15) is 0 Å². The van der Waals surface area contributed by atoms with E-state index in [0.29, 0.717) is 12.1 Å². The zero-order valence-corrected chi connectivity index (χ0v) is 16.0. The minimum atomic E-state index is -8.90. The number of allylic oxidation sites excluding steroid dienone is 1. The van der Waals surface area contributed by atoms with Crippen molar-refractivity contribution in [1.82, 2.24) is 0 Å². The molecule has 0 spiro atoms. The number of benzene rings is 1. The van der Waals surface area contributed by atoms with Gasteiger partial charge in [0.1, 0.15) is 5.75 Å².